The van der Waals surface area contributed by atoms with Gasteiger partial charge in [-0.15, -0.1) is 0 Å². The van der Waals surface area contributed by atoms with Crippen LogP contribution in [0.1, 0.15) is 19.4 Å². The molecule has 0 aliphatic rings. The normalized spacial score (nSPS) is 11.9. The first-order chi connectivity index (χ1) is 15.5. The van der Waals surface area contributed by atoms with Crippen molar-refractivity contribution in [1.29, 1.82) is 0 Å². The van der Waals surface area contributed by atoms with E-state index in [1.807, 2.05) is 31.2 Å². The molecule has 0 bridgehead atoms. The van der Waals surface area contributed by atoms with Gasteiger partial charge >= 0.3 is 7.82 Å². The minimum Gasteiger partial charge on any atom is -0.493 e. The Kier molecular flexibility index (Phi) is 7.66. The molecule has 9 nitrogen and oxygen atoms in total. The van der Waals surface area contributed by atoms with E-state index in [0.717, 1.165) is 10.5 Å². The van der Waals surface area contributed by atoms with Gasteiger partial charge in [0.15, 0.2) is 16.5 Å². The summed E-state index contributed by atoms with van der Waals surface area (Å²) in [6.45, 7) is 4.85. The van der Waals surface area contributed by atoms with E-state index in [1.165, 1.54) is 37.3 Å². The molecule has 0 amide bonds. The maximum Gasteiger partial charge on any atom is 0.470 e. The van der Waals surface area contributed by atoms with E-state index in [-0.39, 0.29) is 12.2 Å². The number of methoxy groups -OCH3 is 1. The van der Waals surface area contributed by atoms with Gasteiger partial charge in [-0.25, -0.2) is 9.55 Å². The van der Waals surface area contributed by atoms with Gasteiger partial charge < -0.3 is 19.3 Å². The van der Waals surface area contributed by atoms with Crippen molar-refractivity contribution in [2.75, 3.05) is 13.7 Å². The molecule has 3 aromatic rings. The molecule has 3 rings (SSSR count). The average Bonchev–Trinajstić information content (AvgIpc) is 2.73. The summed E-state index contributed by atoms with van der Waals surface area (Å²) in [6, 6.07) is 12.7. The van der Waals surface area contributed by atoms with Crippen LogP contribution in [0.5, 0.6) is 11.5 Å². The number of nitrogens with zero attached hydrogens (tertiary/aromatic N) is 2. The number of phosphoric ester groups is 1. The van der Waals surface area contributed by atoms with Gasteiger partial charge in [0.25, 0.3) is 5.56 Å². The van der Waals surface area contributed by atoms with E-state index in [9.17, 15) is 9.36 Å². The number of rotatable bonds is 9. The molecule has 176 valence electrons. The molecule has 1 heterocycles. The molecule has 0 atom stereocenters. The zero-order valence-corrected chi connectivity index (χ0v) is 20.3. The van der Waals surface area contributed by atoms with Crippen molar-refractivity contribution >= 4 is 19.6 Å². The summed E-state index contributed by atoms with van der Waals surface area (Å²) in [5, 5.41) is 0.331. The number of hydrogen-bond acceptors (Lipinski definition) is 7. The highest BCUT2D eigenvalue weighted by Gasteiger charge is 2.30. The molecule has 0 aliphatic carbocycles. The quantitative estimate of drug-likeness (QED) is 0.428. The summed E-state index contributed by atoms with van der Waals surface area (Å²) < 4.78 is 28.4. The van der Waals surface area contributed by atoms with Crippen LogP contribution in [0, 0.1) is 6.92 Å². The lowest BCUT2D eigenvalue weighted by atomic mass is 10.2. The van der Waals surface area contributed by atoms with Crippen LogP contribution in [0.3, 0.4) is 0 Å². The van der Waals surface area contributed by atoms with Crippen LogP contribution < -0.4 is 15.0 Å². The number of hydrogen-bond donors (Lipinski definition) is 2. The highest BCUT2D eigenvalue weighted by Crippen LogP contribution is 2.41. The second kappa shape index (κ2) is 10.1. The first kappa shape index (κ1) is 25.0. The fourth-order valence-corrected chi connectivity index (χ4v) is 4.40. The predicted octanol–water partition coefficient (Wildman–Crippen LogP) is 3.97. The summed E-state index contributed by atoms with van der Waals surface area (Å²) in [5.74, 6) is 0.677. The number of benzene rings is 2. The summed E-state index contributed by atoms with van der Waals surface area (Å²) in [7, 11) is -3.22. The zero-order chi connectivity index (χ0) is 24.2. The smallest absolute Gasteiger partial charge is 0.470 e. The number of aryl methyl sites for hydroxylation is 1. The molecule has 1 aromatic heterocycles. The van der Waals surface area contributed by atoms with Gasteiger partial charge in [0.2, 0.25) is 0 Å². The molecule has 0 radical (unpaired) electrons. The van der Waals surface area contributed by atoms with Crippen LogP contribution in [-0.2, 0) is 9.09 Å². The molecule has 2 N–H and O–H groups in total. The lowest BCUT2D eigenvalue weighted by Gasteiger charge is -2.25. The zero-order valence-electron chi connectivity index (χ0n) is 18.6. The number of aromatic nitrogens is 2. The predicted molar refractivity (Wildman–Crippen MR) is 124 cm³/mol. The first-order valence-electron chi connectivity index (χ1n) is 9.87. The van der Waals surface area contributed by atoms with Crippen molar-refractivity contribution in [3.63, 3.8) is 0 Å². The average molecular weight is 492 g/mol. The molecule has 0 spiro atoms. The highest BCUT2D eigenvalue weighted by atomic mass is 32.2. The molecular formula is C22H25N2O7PS. The molecular weight excluding hydrogens is 467 g/mol. The Morgan fingerprint density at radius 3 is 2.45 bits per heavy atom. The van der Waals surface area contributed by atoms with Crippen LogP contribution >= 0.6 is 19.6 Å². The van der Waals surface area contributed by atoms with Gasteiger partial charge in [-0.3, -0.25) is 13.9 Å². The van der Waals surface area contributed by atoms with E-state index >= 15 is 0 Å². The van der Waals surface area contributed by atoms with Gasteiger partial charge in [-0.2, -0.15) is 0 Å². The van der Waals surface area contributed by atoms with E-state index in [1.54, 1.807) is 30.6 Å². The second-order valence-electron chi connectivity index (χ2n) is 7.79. The number of ether oxygens (including phenoxy) is 2. The van der Waals surface area contributed by atoms with Gasteiger partial charge in [0.05, 0.1) is 12.8 Å². The third-order valence-electron chi connectivity index (χ3n) is 4.41. The Labute approximate surface area is 195 Å². The van der Waals surface area contributed by atoms with E-state index in [2.05, 4.69) is 4.98 Å². The Bertz CT molecular complexity index is 1220. The standard InChI is InChI=1S/C22H25N2O7PS/c1-15-5-8-17(9-6-15)33-20-21(25)24(12-11-23-20)16-7-10-18(19(13-16)29-4)30-14-22(2,3)31-32(26,27)28/h5-13H,14H2,1-4H3,(H2,26,27,28). The van der Waals surface area contributed by atoms with E-state index < -0.39 is 13.4 Å². The van der Waals surface area contributed by atoms with Crippen LogP contribution in [0.2, 0.25) is 0 Å². The molecule has 11 heteroatoms. The van der Waals surface area contributed by atoms with Crippen molar-refractivity contribution in [2.45, 2.75) is 36.3 Å². The Balaban J connectivity index is 1.83. The molecule has 33 heavy (non-hydrogen) atoms. The SMILES string of the molecule is COc1cc(-n2ccnc(Sc3ccc(C)cc3)c2=O)ccc1OCC(C)(C)OP(=O)(O)O. The maximum absolute atomic E-state index is 13.0. The molecule has 0 unspecified atom stereocenters. The van der Waals surface area contributed by atoms with Crippen molar-refractivity contribution < 1.29 is 28.3 Å². The monoisotopic (exact) mass is 492 g/mol. The molecule has 0 saturated carbocycles. The lowest BCUT2D eigenvalue weighted by molar-refractivity contribution is 0.0233. The Morgan fingerprint density at radius 1 is 1.12 bits per heavy atom. The van der Waals surface area contributed by atoms with Crippen LogP contribution in [0.4, 0.5) is 0 Å². The summed E-state index contributed by atoms with van der Waals surface area (Å²) in [6.07, 6.45) is 3.12. The van der Waals surface area contributed by atoms with E-state index in [4.69, 9.17) is 23.8 Å². The minimum absolute atomic E-state index is 0.139. The van der Waals surface area contributed by atoms with Crippen molar-refractivity contribution in [2.24, 2.45) is 0 Å². The second-order valence-corrected chi connectivity index (χ2v) is 10.0. The summed E-state index contributed by atoms with van der Waals surface area (Å²) in [5.41, 5.74) is 0.147. The maximum atomic E-state index is 13.0. The Morgan fingerprint density at radius 2 is 1.82 bits per heavy atom. The van der Waals surface area contributed by atoms with Gasteiger partial charge in [-0.1, -0.05) is 29.5 Å². The van der Waals surface area contributed by atoms with Crippen LogP contribution in [0.25, 0.3) is 5.69 Å². The topological polar surface area (TPSA) is 120 Å². The van der Waals surface area contributed by atoms with Gasteiger partial charge in [0, 0.05) is 23.4 Å². The fraction of sp³-hybridized carbons (Fsp3) is 0.273. The van der Waals surface area contributed by atoms with Crippen molar-refractivity contribution in [1.82, 2.24) is 9.55 Å². The van der Waals surface area contributed by atoms with Crippen molar-refractivity contribution in [3.8, 4) is 17.2 Å². The van der Waals surface area contributed by atoms with Gasteiger partial charge in [0.1, 0.15) is 12.2 Å². The minimum atomic E-state index is -4.67. The third kappa shape index (κ3) is 6.93. The molecule has 0 saturated heterocycles. The van der Waals surface area contributed by atoms with Crippen LogP contribution in [-0.4, -0.2) is 38.7 Å². The first-order valence-corrected chi connectivity index (χ1v) is 12.2. The Hall–Kier alpha value is -2.62. The fourth-order valence-electron chi connectivity index (χ4n) is 2.91. The third-order valence-corrected chi connectivity index (χ3v) is 6.12. The van der Waals surface area contributed by atoms with E-state index in [0.29, 0.717) is 22.2 Å². The highest BCUT2D eigenvalue weighted by molar-refractivity contribution is 7.99. The lowest BCUT2D eigenvalue weighted by Crippen LogP contribution is -2.31. The summed E-state index contributed by atoms with van der Waals surface area (Å²) in [4.78, 5) is 36.2. The summed E-state index contributed by atoms with van der Waals surface area (Å²) >= 11 is 1.28. The molecule has 2 aromatic carbocycles. The van der Waals surface area contributed by atoms with Crippen LogP contribution in [0.15, 0.2) is 69.6 Å². The largest absolute Gasteiger partial charge is 0.493 e. The molecule has 0 fully saturated rings. The molecule has 0 aliphatic heterocycles. The van der Waals surface area contributed by atoms with Crippen molar-refractivity contribution in [3.05, 3.63) is 70.8 Å². The van der Waals surface area contributed by atoms with Gasteiger partial charge in [-0.05, 0) is 45.0 Å². The number of phosphoric acid groups is 1.